The van der Waals surface area contributed by atoms with Crippen LogP contribution in [-0.2, 0) is 12.8 Å². The number of anilines is 1. The van der Waals surface area contributed by atoms with Crippen LogP contribution in [0.2, 0.25) is 0 Å². The Hall–Kier alpha value is -2.15. The van der Waals surface area contributed by atoms with E-state index in [0.717, 1.165) is 31.2 Å². The lowest BCUT2D eigenvalue weighted by Gasteiger charge is -2.12. The molecule has 2 aromatic heterocycles. The highest BCUT2D eigenvalue weighted by Gasteiger charge is 2.27. The fraction of sp³-hybridized carbons (Fsp3) is 0.471. The molecule has 2 heterocycles. The van der Waals surface area contributed by atoms with Crippen molar-refractivity contribution in [3.05, 3.63) is 33.0 Å². The van der Waals surface area contributed by atoms with E-state index in [4.69, 9.17) is 4.52 Å². The molecule has 2 amide bonds. The summed E-state index contributed by atoms with van der Waals surface area (Å²) in [6, 6.07) is 0. The molecule has 0 bridgehead atoms. The average Bonchev–Trinajstić information content (AvgIpc) is 3.07. The number of carbonyl (C=O) groups is 2. The van der Waals surface area contributed by atoms with Crippen LogP contribution in [0.5, 0.6) is 0 Å². The van der Waals surface area contributed by atoms with E-state index in [0.29, 0.717) is 34.1 Å². The number of thiophene rings is 1. The first-order valence-electron chi connectivity index (χ1n) is 8.19. The number of aromatic nitrogens is 1. The largest absolute Gasteiger partial charge is 0.361 e. The quantitative estimate of drug-likeness (QED) is 0.889. The molecule has 0 fully saturated rings. The zero-order valence-corrected chi connectivity index (χ0v) is 14.9. The zero-order chi connectivity index (χ0) is 17.3. The smallest absolute Gasteiger partial charge is 0.261 e. The Bertz CT molecular complexity index is 772. The topological polar surface area (TPSA) is 84.2 Å². The lowest BCUT2D eigenvalue weighted by Crippen LogP contribution is -2.25. The van der Waals surface area contributed by atoms with Crippen molar-refractivity contribution < 1.29 is 14.1 Å². The molecular formula is C17H21N3O3S. The zero-order valence-electron chi connectivity index (χ0n) is 14.1. The second-order valence-corrected chi connectivity index (χ2v) is 7.03. The number of nitrogens with one attached hydrogen (secondary N) is 2. The third-order valence-electron chi connectivity index (χ3n) is 4.22. The van der Waals surface area contributed by atoms with E-state index >= 15 is 0 Å². The Labute approximate surface area is 144 Å². The van der Waals surface area contributed by atoms with E-state index in [2.05, 4.69) is 15.8 Å². The van der Waals surface area contributed by atoms with Crippen molar-refractivity contribution in [2.45, 2.75) is 46.5 Å². The van der Waals surface area contributed by atoms with Crippen LogP contribution in [-0.4, -0.2) is 23.5 Å². The summed E-state index contributed by atoms with van der Waals surface area (Å²) in [6.45, 7) is 5.88. The Balaban J connectivity index is 1.97. The molecule has 24 heavy (non-hydrogen) atoms. The van der Waals surface area contributed by atoms with Crippen LogP contribution in [0, 0.1) is 13.8 Å². The van der Waals surface area contributed by atoms with Gasteiger partial charge in [0.1, 0.15) is 16.3 Å². The molecule has 0 atom stereocenters. The van der Waals surface area contributed by atoms with E-state index < -0.39 is 0 Å². The summed E-state index contributed by atoms with van der Waals surface area (Å²) in [5, 5.41) is 10.2. The number of hydrogen-bond donors (Lipinski definition) is 2. The molecule has 1 aliphatic rings. The van der Waals surface area contributed by atoms with Crippen molar-refractivity contribution in [1.29, 1.82) is 0 Å². The van der Waals surface area contributed by atoms with E-state index in [1.807, 2.05) is 6.92 Å². The molecule has 0 radical (unpaired) electrons. The van der Waals surface area contributed by atoms with Crippen molar-refractivity contribution >= 4 is 28.2 Å². The fourth-order valence-corrected chi connectivity index (χ4v) is 4.40. The van der Waals surface area contributed by atoms with Crippen LogP contribution < -0.4 is 10.6 Å². The van der Waals surface area contributed by atoms with Gasteiger partial charge in [-0.05, 0) is 52.0 Å². The lowest BCUT2D eigenvalue weighted by atomic mass is 9.95. The van der Waals surface area contributed by atoms with Crippen LogP contribution >= 0.6 is 11.3 Å². The van der Waals surface area contributed by atoms with Crippen molar-refractivity contribution in [3.8, 4) is 0 Å². The Morgan fingerprint density at radius 1 is 1.17 bits per heavy atom. The summed E-state index contributed by atoms with van der Waals surface area (Å²) in [7, 11) is 0. The van der Waals surface area contributed by atoms with Crippen molar-refractivity contribution in [2.75, 3.05) is 11.9 Å². The van der Waals surface area contributed by atoms with Crippen molar-refractivity contribution in [2.24, 2.45) is 0 Å². The first kappa shape index (κ1) is 16.7. The first-order valence-corrected chi connectivity index (χ1v) is 9.01. The molecule has 3 rings (SSSR count). The second kappa shape index (κ2) is 6.76. The van der Waals surface area contributed by atoms with E-state index in [9.17, 15) is 9.59 Å². The van der Waals surface area contributed by atoms with Crippen molar-refractivity contribution in [1.82, 2.24) is 10.5 Å². The molecule has 0 saturated heterocycles. The second-order valence-electron chi connectivity index (χ2n) is 5.93. The van der Waals surface area contributed by atoms with Crippen LogP contribution in [0.15, 0.2) is 4.52 Å². The number of nitrogens with zero attached hydrogens (tertiary/aromatic N) is 1. The molecular weight excluding hydrogens is 326 g/mol. The predicted octanol–water partition coefficient (Wildman–Crippen LogP) is 3.23. The van der Waals surface area contributed by atoms with Gasteiger partial charge in [-0.1, -0.05) is 5.16 Å². The van der Waals surface area contributed by atoms with Gasteiger partial charge in [0.15, 0.2) is 0 Å². The summed E-state index contributed by atoms with van der Waals surface area (Å²) >= 11 is 1.51. The molecule has 128 valence electrons. The number of fused-ring (bicyclic) bond motifs is 1. The number of amides is 2. The van der Waals surface area contributed by atoms with Crippen LogP contribution in [0.1, 0.15) is 62.4 Å². The molecule has 1 aliphatic carbocycles. The summed E-state index contributed by atoms with van der Waals surface area (Å²) in [6.07, 6.45) is 4.06. The van der Waals surface area contributed by atoms with Gasteiger partial charge < -0.3 is 15.2 Å². The van der Waals surface area contributed by atoms with Gasteiger partial charge in [-0.3, -0.25) is 9.59 Å². The van der Waals surface area contributed by atoms with Crippen LogP contribution in [0.25, 0.3) is 0 Å². The average molecular weight is 347 g/mol. The maximum atomic E-state index is 12.6. The fourth-order valence-electron chi connectivity index (χ4n) is 3.12. The maximum Gasteiger partial charge on any atom is 0.261 e. The highest BCUT2D eigenvalue weighted by Crippen LogP contribution is 2.38. The highest BCUT2D eigenvalue weighted by molar-refractivity contribution is 7.17. The summed E-state index contributed by atoms with van der Waals surface area (Å²) in [4.78, 5) is 26.3. The first-order chi connectivity index (χ1) is 11.5. The summed E-state index contributed by atoms with van der Waals surface area (Å²) < 4.78 is 5.06. The van der Waals surface area contributed by atoms with Gasteiger partial charge in [0.2, 0.25) is 0 Å². The SMILES string of the molecule is CCNC(=O)c1c(NC(=O)c2c(C)noc2C)sc2c1CCCC2. The number of aryl methyl sites for hydroxylation is 3. The van der Waals surface area contributed by atoms with Gasteiger partial charge >= 0.3 is 0 Å². The molecule has 0 saturated carbocycles. The maximum absolute atomic E-state index is 12.6. The highest BCUT2D eigenvalue weighted by atomic mass is 32.1. The Kier molecular flexibility index (Phi) is 4.71. The summed E-state index contributed by atoms with van der Waals surface area (Å²) in [5.41, 5.74) is 2.69. The molecule has 0 spiro atoms. The molecule has 6 nitrogen and oxygen atoms in total. The third kappa shape index (κ3) is 2.96. The number of carbonyl (C=O) groups excluding carboxylic acids is 2. The molecule has 0 unspecified atom stereocenters. The van der Waals surface area contributed by atoms with Gasteiger partial charge in [0.05, 0.1) is 11.3 Å². The minimum absolute atomic E-state index is 0.119. The minimum Gasteiger partial charge on any atom is -0.361 e. The van der Waals surface area contributed by atoms with Gasteiger partial charge in [-0.15, -0.1) is 11.3 Å². The lowest BCUT2D eigenvalue weighted by molar-refractivity contribution is 0.0956. The number of hydrogen-bond acceptors (Lipinski definition) is 5. The number of rotatable bonds is 4. The Morgan fingerprint density at radius 3 is 2.58 bits per heavy atom. The predicted molar refractivity (Wildman–Crippen MR) is 92.9 cm³/mol. The van der Waals surface area contributed by atoms with E-state index in [-0.39, 0.29) is 11.8 Å². The van der Waals surface area contributed by atoms with E-state index in [1.165, 1.54) is 16.2 Å². The Morgan fingerprint density at radius 2 is 1.92 bits per heavy atom. The minimum atomic E-state index is -0.282. The molecule has 0 aliphatic heterocycles. The van der Waals surface area contributed by atoms with Gasteiger partial charge in [0, 0.05) is 11.4 Å². The van der Waals surface area contributed by atoms with Crippen LogP contribution in [0.3, 0.4) is 0 Å². The molecule has 0 aromatic carbocycles. The standard InChI is InChI=1S/C17H21N3O3S/c1-4-18-15(21)14-11-7-5-6-8-12(11)24-17(14)19-16(22)13-9(2)20-23-10(13)3/h4-8H2,1-3H3,(H,18,21)(H,19,22). The van der Waals surface area contributed by atoms with Gasteiger partial charge in [-0.25, -0.2) is 0 Å². The molecule has 2 N–H and O–H groups in total. The van der Waals surface area contributed by atoms with Gasteiger partial charge in [-0.2, -0.15) is 0 Å². The van der Waals surface area contributed by atoms with Gasteiger partial charge in [0.25, 0.3) is 11.8 Å². The van der Waals surface area contributed by atoms with Crippen LogP contribution in [0.4, 0.5) is 5.00 Å². The monoisotopic (exact) mass is 347 g/mol. The molecule has 2 aromatic rings. The normalized spacial score (nSPS) is 13.5. The van der Waals surface area contributed by atoms with Crippen molar-refractivity contribution in [3.63, 3.8) is 0 Å². The third-order valence-corrected chi connectivity index (χ3v) is 5.43. The molecule has 7 heteroatoms. The summed E-state index contributed by atoms with van der Waals surface area (Å²) in [5.74, 6) is 0.0761. The van der Waals surface area contributed by atoms with E-state index in [1.54, 1.807) is 13.8 Å².